The van der Waals surface area contributed by atoms with E-state index < -0.39 is 0 Å². The minimum absolute atomic E-state index is 0.105. The number of rotatable bonds is 3. The van der Waals surface area contributed by atoms with E-state index in [0.717, 1.165) is 6.42 Å². The number of anilines is 1. The second kappa shape index (κ2) is 5.66. The molecule has 2 heterocycles. The lowest BCUT2D eigenvalue weighted by Gasteiger charge is -2.07. The highest BCUT2D eigenvalue weighted by molar-refractivity contribution is 6.14. The second-order valence-electron chi connectivity index (χ2n) is 5.95. The Morgan fingerprint density at radius 3 is 2.76 bits per heavy atom. The molecule has 3 aromatic rings. The molecule has 1 N–H and O–H groups in total. The maximum atomic E-state index is 12.8. The van der Waals surface area contributed by atoms with Crippen molar-refractivity contribution in [2.45, 2.75) is 19.8 Å². The summed E-state index contributed by atoms with van der Waals surface area (Å²) < 4.78 is 1.34. The van der Waals surface area contributed by atoms with Gasteiger partial charge in [0.2, 0.25) is 11.7 Å². The molecule has 0 unspecified atom stereocenters. The molecule has 0 saturated heterocycles. The van der Waals surface area contributed by atoms with E-state index >= 15 is 0 Å². The Labute approximate surface area is 143 Å². The van der Waals surface area contributed by atoms with Crippen LogP contribution in [0.5, 0.6) is 0 Å². The number of benzene rings is 2. The highest BCUT2D eigenvalue weighted by Gasteiger charge is 2.30. The molecule has 1 aromatic heterocycles. The third-order valence-corrected chi connectivity index (χ3v) is 4.22. The van der Waals surface area contributed by atoms with E-state index in [1.54, 1.807) is 42.5 Å². The van der Waals surface area contributed by atoms with E-state index in [1.807, 2.05) is 6.92 Å². The molecule has 124 valence electrons. The minimum atomic E-state index is -0.315. The summed E-state index contributed by atoms with van der Waals surface area (Å²) in [5.74, 6) is -0.313. The first-order chi connectivity index (χ1) is 12.1. The summed E-state index contributed by atoms with van der Waals surface area (Å²) in [4.78, 5) is 41.6. The molecule has 6 nitrogen and oxygen atoms in total. The van der Waals surface area contributed by atoms with Gasteiger partial charge < -0.3 is 5.32 Å². The first-order valence-electron chi connectivity index (χ1n) is 8.11. The SMILES string of the molecule is CCCC(=O)Nc1ccc2c(c1)C(=O)c1nc3ccccc3c(=O)n1-2. The Morgan fingerprint density at radius 1 is 1.16 bits per heavy atom. The van der Waals surface area contributed by atoms with Crippen LogP contribution in [0.2, 0.25) is 0 Å². The van der Waals surface area contributed by atoms with Crippen molar-refractivity contribution in [3.63, 3.8) is 0 Å². The molecule has 0 fully saturated rings. The number of nitrogens with zero attached hydrogens (tertiary/aromatic N) is 2. The lowest BCUT2D eigenvalue weighted by Crippen LogP contribution is -2.21. The monoisotopic (exact) mass is 333 g/mol. The molecule has 0 aliphatic carbocycles. The van der Waals surface area contributed by atoms with E-state index in [1.165, 1.54) is 4.57 Å². The number of para-hydroxylation sites is 1. The van der Waals surface area contributed by atoms with Gasteiger partial charge in [0.1, 0.15) is 0 Å². The van der Waals surface area contributed by atoms with Gasteiger partial charge in [-0.25, -0.2) is 4.98 Å². The first-order valence-corrected chi connectivity index (χ1v) is 8.11. The van der Waals surface area contributed by atoms with Gasteiger partial charge in [-0.1, -0.05) is 19.1 Å². The Bertz CT molecular complexity index is 1100. The van der Waals surface area contributed by atoms with Crippen LogP contribution in [0.15, 0.2) is 47.3 Å². The zero-order valence-electron chi connectivity index (χ0n) is 13.6. The number of carbonyl (C=O) groups excluding carboxylic acids is 2. The Balaban J connectivity index is 1.85. The number of carbonyl (C=O) groups is 2. The molecule has 0 bridgehead atoms. The standard InChI is InChI=1S/C19H15N3O3/c1-2-5-16(23)20-11-8-9-15-13(10-11)17(24)18-21-14-7-4-3-6-12(14)19(25)22(15)18/h3-4,6-10H,2,5H2,1H3,(H,20,23). The zero-order chi connectivity index (χ0) is 17.6. The summed E-state index contributed by atoms with van der Waals surface area (Å²) in [7, 11) is 0. The molecular weight excluding hydrogens is 318 g/mol. The van der Waals surface area contributed by atoms with Crippen molar-refractivity contribution in [1.29, 1.82) is 0 Å². The van der Waals surface area contributed by atoms with Crippen LogP contribution < -0.4 is 10.9 Å². The van der Waals surface area contributed by atoms with E-state index in [4.69, 9.17) is 0 Å². The van der Waals surface area contributed by atoms with Crippen molar-refractivity contribution >= 4 is 28.3 Å². The van der Waals surface area contributed by atoms with Crippen molar-refractivity contribution < 1.29 is 9.59 Å². The van der Waals surface area contributed by atoms with Crippen LogP contribution in [0.3, 0.4) is 0 Å². The number of aromatic nitrogens is 2. The first kappa shape index (κ1) is 15.3. The normalized spacial score (nSPS) is 12.1. The molecular formula is C19H15N3O3. The van der Waals surface area contributed by atoms with Gasteiger partial charge in [-0.05, 0) is 36.8 Å². The molecule has 6 heteroatoms. The molecule has 0 saturated carbocycles. The van der Waals surface area contributed by atoms with Gasteiger partial charge in [0, 0.05) is 12.1 Å². The van der Waals surface area contributed by atoms with Gasteiger partial charge in [0.25, 0.3) is 5.56 Å². The largest absolute Gasteiger partial charge is 0.326 e. The van der Waals surface area contributed by atoms with Crippen LogP contribution in [0, 0.1) is 0 Å². The maximum absolute atomic E-state index is 12.8. The van der Waals surface area contributed by atoms with Gasteiger partial charge in [-0.2, -0.15) is 0 Å². The predicted molar refractivity (Wildman–Crippen MR) is 94.3 cm³/mol. The van der Waals surface area contributed by atoms with E-state index in [0.29, 0.717) is 34.3 Å². The molecule has 0 atom stereocenters. The topological polar surface area (TPSA) is 81.1 Å². The van der Waals surface area contributed by atoms with Gasteiger partial charge in [0.05, 0.1) is 22.2 Å². The van der Waals surface area contributed by atoms with Gasteiger partial charge in [-0.3, -0.25) is 19.0 Å². The smallest absolute Gasteiger partial charge is 0.266 e. The minimum Gasteiger partial charge on any atom is -0.326 e. The van der Waals surface area contributed by atoms with Crippen LogP contribution in [-0.4, -0.2) is 21.2 Å². The summed E-state index contributed by atoms with van der Waals surface area (Å²) in [5.41, 5.74) is 1.63. The summed E-state index contributed by atoms with van der Waals surface area (Å²) in [6.45, 7) is 1.92. The van der Waals surface area contributed by atoms with Crippen LogP contribution in [0.4, 0.5) is 5.69 Å². The van der Waals surface area contributed by atoms with Gasteiger partial charge in [0.15, 0.2) is 5.82 Å². The highest BCUT2D eigenvalue weighted by Crippen LogP contribution is 2.28. The average molecular weight is 333 g/mol. The van der Waals surface area contributed by atoms with Gasteiger partial charge in [-0.15, -0.1) is 0 Å². The summed E-state index contributed by atoms with van der Waals surface area (Å²) in [6.07, 6.45) is 1.16. The Hall–Kier alpha value is -3.28. The summed E-state index contributed by atoms with van der Waals surface area (Å²) >= 11 is 0. The molecule has 2 aromatic carbocycles. The molecule has 1 amide bonds. The van der Waals surface area contributed by atoms with Gasteiger partial charge >= 0.3 is 0 Å². The number of ketones is 1. The molecule has 4 rings (SSSR count). The number of amides is 1. The van der Waals surface area contributed by atoms with Crippen LogP contribution in [-0.2, 0) is 4.79 Å². The zero-order valence-corrected chi connectivity index (χ0v) is 13.6. The van der Waals surface area contributed by atoms with E-state index in [2.05, 4.69) is 10.3 Å². The van der Waals surface area contributed by atoms with Crippen molar-refractivity contribution in [3.05, 3.63) is 64.2 Å². The van der Waals surface area contributed by atoms with Crippen molar-refractivity contribution in [1.82, 2.24) is 9.55 Å². The van der Waals surface area contributed by atoms with Crippen molar-refractivity contribution in [2.75, 3.05) is 5.32 Å². The fourth-order valence-corrected chi connectivity index (χ4v) is 3.07. The van der Waals surface area contributed by atoms with E-state index in [-0.39, 0.29) is 23.1 Å². The lowest BCUT2D eigenvalue weighted by molar-refractivity contribution is -0.116. The maximum Gasteiger partial charge on any atom is 0.266 e. The number of hydrogen-bond donors (Lipinski definition) is 1. The van der Waals surface area contributed by atoms with Crippen LogP contribution >= 0.6 is 0 Å². The molecule has 0 spiro atoms. The van der Waals surface area contributed by atoms with Crippen molar-refractivity contribution in [2.24, 2.45) is 0 Å². The predicted octanol–water partition coefficient (Wildman–Crippen LogP) is 2.67. The second-order valence-corrected chi connectivity index (χ2v) is 5.95. The van der Waals surface area contributed by atoms with Crippen molar-refractivity contribution in [3.8, 4) is 5.69 Å². The quantitative estimate of drug-likeness (QED) is 0.625. The Kier molecular flexibility index (Phi) is 3.46. The van der Waals surface area contributed by atoms with Crippen LogP contribution in [0.25, 0.3) is 16.6 Å². The third kappa shape index (κ3) is 2.34. The summed E-state index contributed by atoms with van der Waals surface area (Å²) in [6, 6.07) is 11.9. The van der Waals surface area contributed by atoms with Crippen LogP contribution in [0.1, 0.15) is 35.9 Å². The number of nitrogens with one attached hydrogen (secondary N) is 1. The highest BCUT2D eigenvalue weighted by atomic mass is 16.2. The molecule has 1 aliphatic heterocycles. The lowest BCUT2D eigenvalue weighted by atomic mass is 10.1. The number of hydrogen-bond acceptors (Lipinski definition) is 4. The molecule has 0 radical (unpaired) electrons. The summed E-state index contributed by atoms with van der Waals surface area (Å²) in [5, 5.41) is 3.23. The number of fused-ring (bicyclic) bond motifs is 4. The Morgan fingerprint density at radius 2 is 1.96 bits per heavy atom. The average Bonchev–Trinajstić information content (AvgIpc) is 2.88. The molecule has 1 aliphatic rings. The fourth-order valence-electron chi connectivity index (χ4n) is 3.07. The van der Waals surface area contributed by atoms with E-state index in [9.17, 15) is 14.4 Å². The molecule has 25 heavy (non-hydrogen) atoms. The fraction of sp³-hybridized carbons (Fsp3) is 0.158. The third-order valence-electron chi connectivity index (χ3n) is 4.22.